The average Bonchev–Trinajstić information content (AvgIpc) is 3.46. The molecule has 0 spiro atoms. The topological polar surface area (TPSA) is 79.4 Å². The van der Waals surface area contributed by atoms with Crippen molar-refractivity contribution in [3.8, 4) is 9.88 Å². The van der Waals surface area contributed by atoms with E-state index >= 15 is 0 Å². The maximum atomic E-state index is 12.7. The van der Waals surface area contributed by atoms with Crippen molar-refractivity contribution in [1.82, 2.24) is 14.6 Å². The molecule has 1 aliphatic heterocycles. The highest BCUT2D eigenvalue weighted by Gasteiger charge is 2.31. The average molecular weight is 476 g/mol. The number of hydrogen-bond acceptors (Lipinski definition) is 6. The number of nitrogens with zero attached hydrogens (tertiary/aromatic N) is 2. The van der Waals surface area contributed by atoms with Crippen molar-refractivity contribution in [2.45, 2.75) is 25.0 Å². The number of amides is 1. The normalized spacial score (nSPS) is 15.7. The maximum Gasteiger partial charge on any atom is 0.223 e. The molecule has 31 heavy (non-hydrogen) atoms. The summed E-state index contributed by atoms with van der Waals surface area (Å²) in [5, 5.41) is 8.09. The maximum absolute atomic E-state index is 12.7. The van der Waals surface area contributed by atoms with Crippen LogP contribution in [-0.2, 0) is 27.0 Å². The van der Waals surface area contributed by atoms with Gasteiger partial charge in [0.15, 0.2) is 0 Å². The predicted molar refractivity (Wildman–Crippen MR) is 126 cm³/mol. The largest absolute Gasteiger partial charge is 0.355 e. The molecule has 2 aromatic heterocycles. The molecule has 1 aliphatic rings. The molecule has 0 aliphatic carbocycles. The van der Waals surface area contributed by atoms with Crippen LogP contribution in [0.3, 0.4) is 0 Å². The Balaban J connectivity index is 1.21. The Morgan fingerprint density at radius 3 is 2.58 bits per heavy atom. The van der Waals surface area contributed by atoms with E-state index in [1.54, 1.807) is 22.7 Å². The smallest absolute Gasteiger partial charge is 0.223 e. The number of hydrogen-bond donors (Lipinski definition) is 1. The summed E-state index contributed by atoms with van der Waals surface area (Å²) >= 11 is 3.29. The molecule has 3 heterocycles. The van der Waals surface area contributed by atoms with Crippen LogP contribution >= 0.6 is 22.7 Å². The van der Waals surface area contributed by atoms with Crippen molar-refractivity contribution in [3.05, 3.63) is 64.5 Å². The number of thiophene rings is 1. The molecular formula is C22H25N3O3S3. The van der Waals surface area contributed by atoms with Crippen molar-refractivity contribution in [1.29, 1.82) is 0 Å². The number of sulfonamides is 1. The first-order valence-corrected chi connectivity index (χ1v) is 13.7. The molecule has 164 valence electrons. The van der Waals surface area contributed by atoms with E-state index in [-0.39, 0.29) is 17.6 Å². The fraction of sp³-hybridized carbons (Fsp3) is 0.364. The van der Waals surface area contributed by atoms with Crippen LogP contribution < -0.4 is 5.32 Å². The molecular weight excluding hydrogens is 450 g/mol. The summed E-state index contributed by atoms with van der Waals surface area (Å²) in [4.78, 5) is 18.3. The van der Waals surface area contributed by atoms with E-state index in [4.69, 9.17) is 0 Å². The fourth-order valence-electron chi connectivity index (χ4n) is 3.67. The number of aromatic nitrogens is 1. The van der Waals surface area contributed by atoms with Crippen molar-refractivity contribution in [2.75, 3.05) is 19.6 Å². The third-order valence-corrected chi connectivity index (χ3v) is 9.15. The van der Waals surface area contributed by atoms with Crippen LogP contribution in [0.5, 0.6) is 0 Å². The zero-order valence-electron chi connectivity index (χ0n) is 17.1. The summed E-state index contributed by atoms with van der Waals surface area (Å²) in [6, 6.07) is 13.3. The molecule has 1 fully saturated rings. The van der Waals surface area contributed by atoms with Gasteiger partial charge in [-0.2, -0.15) is 0 Å². The summed E-state index contributed by atoms with van der Waals surface area (Å²) in [6.45, 7) is 1.33. The van der Waals surface area contributed by atoms with E-state index in [0.29, 0.717) is 38.9 Å². The molecule has 0 atom stereocenters. The van der Waals surface area contributed by atoms with Crippen LogP contribution in [0.25, 0.3) is 9.88 Å². The van der Waals surface area contributed by atoms with Gasteiger partial charge in [-0.05, 0) is 29.9 Å². The van der Waals surface area contributed by atoms with Gasteiger partial charge in [0.1, 0.15) is 5.01 Å². The molecule has 0 bridgehead atoms. The first kappa shape index (κ1) is 22.1. The molecule has 0 unspecified atom stereocenters. The van der Waals surface area contributed by atoms with Crippen LogP contribution in [0.15, 0.2) is 53.2 Å². The molecule has 0 saturated carbocycles. The van der Waals surface area contributed by atoms with Crippen LogP contribution in [0.1, 0.15) is 24.1 Å². The standard InChI is InChI=1S/C22H25N3O3S3/c26-21(23-11-8-19-15-30-22(24-19)20-7-4-14-29-20)18-9-12-25(13-10-18)31(27,28)16-17-5-2-1-3-6-17/h1-7,14-15,18H,8-13,16H2,(H,23,26). The fourth-order valence-corrected chi connectivity index (χ4v) is 6.90. The van der Waals surface area contributed by atoms with Crippen molar-refractivity contribution >= 4 is 38.6 Å². The van der Waals surface area contributed by atoms with Gasteiger partial charge in [-0.25, -0.2) is 17.7 Å². The van der Waals surface area contributed by atoms with Gasteiger partial charge in [-0.1, -0.05) is 36.4 Å². The van der Waals surface area contributed by atoms with E-state index in [9.17, 15) is 13.2 Å². The van der Waals surface area contributed by atoms with Gasteiger partial charge < -0.3 is 5.32 Å². The number of benzene rings is 1. The Morgan fingerprint density at radius 2 is 1.87 bits per heavy atom. The Labute approximate surface area is 191 Å². The third-order valence-electron chi connectivity index (χ3n) is 5.37. The molecule has 1 aromatic carbocycles. The molecule has 6 nitrogen and oxygen atoms in total. The number of carbonyl (C=O) groups excluding carboxylic acids is 1. The lowest BCUT2D eigenvalue weighted by Gasteiger charge is -2.30. The molecule has 3 aromatic rings. The number of piperidine rings is 1. The Bertz CT molecular complexity index is 1090. The highest BCUT2D eigenvalue weighted by molar-refractivity contribution is 7.88. The Hall–Kier alpha value is -2.07. The molecule has 1 N–H and O–H groups in total. The number of rotatable bonds is 8. The van der Waals surface area contributed by atoms with E-state index in [1.165, 1.54) is 4.31 Å². The van der Waals surface area contributed by atoms with Gasteiger partial charge in [0.25, 0.3) is 0 Å². The van der Waals surface area contributed by atoms with Crippen LogP contribution in [0, 0.1) is 5.92 Å². The molecule has 1 saturated heterocycles. The van der Waals surface area contributed by atoms with E-state index in [0.717, 1.165) is 21.1 Å². The SMILES string of the molecule is O=C(NCCc1csc(-c2cccs2)n1)C1CCN(S(=O)(=O)Cc2ccccc2)CC1. The van der Waals surface area contributed by atoms with Gasteiger partial charge in [-0.3, -0.25) is 4.79 Å². The number of thiazole rings is 1. The quantitative estimate of drug-likeness (QED) is 0.538. The number of carbonyl (C=O) groups is 1. The lowest BCUT2D eigenvalue weighted by Crippen LogP contribution is -2.43. The minimum atomic E-state index is -3.36. The van der Waals surface area contributed by atoms with Crippen LogP contribution in [-0.4, -0.2) is 43.2 Å². The lowest BCUT2D eigenvalue weighted by molar-refractivity contribution is -0.126. The third kappa shape index (κ3) is 5.79. The van der Waals surface area contributed by atoms with Gasteiger partial charge >= 0.3 is 0 Å². The second-order valence-electron chi connectivity index (χ2n) is 7.58. The van der Waals surface area contributed by atoms with E-state index in [2.05, 4.69) is 16.4 Å². The van der Waals surface area contributed by atoms with Gasteiger partial charge in [0.2, 0.25) is 15.9 Å². The van der Waals surface area contributed by atoms with Gasteiger partial charge in [-0.15, -0.1) is 22.7 Å². The zero-order valence-corrected chi connectivity index (χ0v) is 19.5. The van der Waals surface area contributed by atoms with E-state index in [1.807, 2.05) is 47.2 Å². The summed E-state index contributed by atoms with van der Waals surface area (Å²) in [7, 11) is -3.36. The summed E-state index contributed by atoms with van der Waals surface area (Å²) < 4.78 is 26.9. The second kappa shape index (κ2) is 10.0. The Kier molecular flexibility index (Phi) is 7.16. The predicted octanol–water partition coefficient (Wildman–Crippen LogP) is 3.77. The Morgan fingerprint density at radius 1 is 1.10 bits per heavy atom. The van der Waals surface area contributed by atoms with Crippen molar-refractivity contribution < 1.29 is 13.2 Å². The minimum Gasteiger partial charge on any atom is -0.355 e. The molecule has 0 radical (unpaired) electrons. The van der Waals surface area contributed by atoms with Crippen molar-refractivity contribution in [2.24, 2.45) is 5.92 Å². The van der Waals surface area contributed by atoms with Crippen LogP contribution in [0.4, 0.5) is 0 Å². The first-order chi connectivity index (χ1) is 15.0. The zero-order chi connectivity index (χ0) is 21.7. The molecule has 1 amide bonds. The van der Waals surface area contributed by atoms with Gasteiger partial charge in [0.05, 0.1) is 16.3 Å². The van der Waals surface area contributed by atoms with Crippen LogP contribution in [0.2, 0.25) is 0 Å². The van der Waals surface area contributed by atoms with E-state index < -0.39 is 10.0 Å². The molecule has 4 rings (SSSR count). The molecule has 9 heteroatoms. The highest BCUT2D eigenvalue weighted by atomic mass is 32.2. The monoisotopic (exact) mass is 475 g/mol. The first-order valence-electron chi connectivity index (χ1n) is 10.3. The lowest BCUT2D eigenvalue weighted by atomic mass is 9.97. The summed E-state index contributed by atoms with van der Waals surface area (Å²) in [5.41, 5.74) is 1.77. The summed E-state index contributed by atoms with van der Waals surface area (Å²) in [5.74, 6) is -0.125. The second-order valence-corrected chi connectivity index (χ2v) is 11.4. The van der Waals surface area contributed by atoms with Gasteiger partial charge in [0, 0.05) is 37.4 Å². The minimum absolute atomic E-state index is 0.00576. The van der Waals surface area contributed by atoms with Crippen molar-refractivity contribution in [3.63, 3.8) is 0 Å². The number of nitrogens with one attached hydrogen (secondary N) is 1. The summed E-state index contributed by atoms with van der Waals surface area (Å²) in [6.07, 6.45) is 1.80. The highest BCUT2D eigenvalue weighted by Crippen LogP contribution is 2.28.